The molecule has 1 aromatic carbocycles. The van der Waals surface area contributed by atoms with Crippen LogP contribution in [0.4, 0.5) is 26.0 Å². The van der Waals surface area contributed by atoms with Gasteiger partial charge in [-0.3, -0.25) is 18.1 Å². The van der Waals surface area contributed by atoms with Crippen molar-refractivity contribution in [3.8, 4) is 0 Å². The Morgan fingerprint density at radius 2 is 1.93 bits per heavy atom. The van der Waals surface area contributed by atoms with Crippen molar-refractivity contribution in [2.24, 2.45) is 0 Å². The number of pyridine rings is 1. The van der Waals surface area contributed by atoms with Crippen molar-refractivity contribution in [3.05, 3.63) is 47.7 Å². The highest BCUT2D eigenvalue weighted by atomic mass is 32.2. The topological polar surface area (TPSA) is 114 Å². The molecule has 0 radical (unpaired) electrons. The molecule has 0 bridgehead atoms. The van der Waals surface area contributed by atoms with Crippen LogP contribution in [-0.2, 0) is 16.1 Å². The van der Waals surface area contributed by atoms with E-state index in [2.05, 4.69) is 15.6 Å². The summed E-state index contributed by atoms with van der Waals surface area (Å²) in [6, 6.07) is 4.55. The third kappa shape index (κ3) is 5.08. The number of rotatable bonds is 7. The summed E-state index contributed by atoms with van der Waals surface area (Å²) < 4.78 is 52.2. The quantitative estimate of drug-likeness (QED) is 0.680. The minimum Gasteiger partial charge on any atom is -0.755 e. The summed E-state index contributed by atoms with van der Waals surface area (Å²) in [7, 11) is 0. The molecule has 1 aromatic heterocycles. The van der Waals surface area contributed by atoms with E-state index in [1.165, 1.54) is 25.3 Å². The minimum atomic E-state index is -2.79. The molecule has 2 amide bonds. The van der Waals surface area contributed by atoms with E-state index in [1.807, 2.05) is 0 Å². The summed E-state index contributed by atoms with van der Waals surface area (Å²) in [5, 5.41) is 4.71. The summed E-state index contributed by atoms with van der Waals surface area (Å²) in [6.07, 6.45) is 1.58. The number of amides is 2. The molecule has 2 aromatic rings. The minimum absolute atomic E-state index is 0.0335. The summed E-state index contributed by atoms with van der Waals surface area (Å²) in [5.41, 5.74) is -1.23. The van der Waals surface area contributed by atoms with Gasteiger partial charge >= 0.3 is 0 Å². The molecular weight excluding hydrogens is 394 g/mol. The van der Waals surface area contributed by atoms with E-state index >= 15 is 0 Å². The highest BCUT2D eigenvalue weighted by Crippen LogP contribution is 2.26. The van der Waals surface area contributed by atoms with E-state index in [0.29, 0.717) is 10.7 Å². The van der Waals surface area contributed by atoms with Gasteiger partial charge in [0.05, 0.1) is 17.6 Å². The lowest BCUT2D eigenvalue weighted by Crippen LogP contribution is -2.28. The van der Waals surface area contributed by atoms with Gasteiger partial charge in [0.15, 0.2) is 5.82 Å². The smallest absolute Gasteiger partial charge is 0.261 e. The maximum absolute atomic E-state index is 14.7. The number of carbonyl (C=O) groups is 2. The molecule has 2 rings (SSSR count). The molecule has 1 atom stereocenters. The predicted octanol–water partition coefficient (Wildman–Crippen LogP) is 2.58. The first-order valence-corrected chi connectivity index (χ1v) is 9.17. The number of halogens is 2. The van der Waals surface area contributed by atoms with Crippen molar-refractivity contribution in [1.29, 1.82) is 0 Å². The number of benzene rings is 1. The molecule has 1 unspecified atom stereocenters. The summed E-state index contributed by atoms with van der Waals surface area (Å²) in [6.45, 7) is 2.95. The fourth-order valence-corrected chi connectivity index (χ4v) is 2.97. The van der Waals surface area contributed by atoms with Crippen LogP contribution >= 0.6 is 0 Å². The third-order valence-corrected chi connectivity index (χ3v) is 4.24. The Hall–Kier alpha value is -2.92. The largest absolute Gasteiger partial charge is 0.755 e. The molecule has 0 saturated heterocycles. The summed E-state index contributed by atoms with van der Waals surface area (Å²) in [5.74, 6) is -3.65. The van der Waals surface area contributed by atoms with Crippen LogP contribution in [0.5, 0.6) is 0 Å². The highest BCUT2D eigenvalue weighted by molar-refractivity contribution is 7.80. The van der Waals surface area contributed by atoms with E-state index in [9.17, 15) is 27.1 Å². The molecule has 8 nitrogen and oxygen atoms in total. The zero-order valence-electron chi connectivity index (χ0n) is 15.0. The average molecular weight is 411 g/mol. The number of hydrogen-bond acceptors (Lipinski definition) is 5. The molecule has 2 N–H and O–H groups in total. The van der Waals surface area contributed by atoms with Gasteiger partial charge in [-0.1, -0.05) is 6.92 Å². The molecule has 0 saturated carbocycles. The Labute approximate surface area is 162 Å². The van der Waals surface area contributed by atoms with Crippen LogP contribution in [0.1, 0.15) is 30.6 Å². The fraction of sp³-hybridized carbons (Fsp3) is 0.235. The Balaban J connectivity index is 2.31. The van der Waals surface area contributed by atoms with Gasteiger partial charge in [0.1, 0.15) is 17.2 Å². The lowest BCUT2D eigenvalue weighted by Gasteiger charge is -2.26. The summed E-state index contributed by atoms with van der Waals surface area (Å²) >= 11 is -2.79. The number of nitrogens with one attached hydrogen (secondary N) is 2. The molecule has 0 spiro atoms. The van der Waals surface area contributed by atoms with Gasteiger partial charge in [-0.05, 0) is 30.7 Å². The van der Waals surface area contributed by atoms with Crippen molar-refractivity contribution in [2.75, 3.05) is 21.5 Å². The van der Waals surface area contributed by atoms with E-state index in [-0.39, 0.29) is 24.0 Å². The lowest BCUT2D eigenvalue weighted by molar-refractivity contribution is -0.114. The van der Waals surface area contributed by atoms with E-state index in [0.717, 1.165) is 12.1 Å². The lowest BCUT2D eigenvalue weighted by atomic mass is 10.1. The van der Waals surface area contributed by atoms with Crippen molar-refractivity contribution in [2.45, 2.75) is 20.3 Å². The Bertz CT molecular complexity index is 909. The maximum Gasteiger partial charge on any atom is 0.261 e. The van der Waals surface area contributed by atoms with Crippen LogP contribution in [-0.4, -0.2) is 32.1 Å². The second-order valence-corrected chi connectivity index (χ2v) is 6.52. The van der Waals surface area contributed by atoms with Gasteiger partial charge in [-0.2, -0.15) is 0 Å². The van der Waals surface area contributed by atoms with Crippen LogP contribution in [0.25, 0.3) is 0 Å². The highest BCUT2D eigenvalue weighted by Gasteiger charge is 2.23. The zero-order valence-corrected chi connectivity index (χ0v) is 15.8. The van der Waals surface area contributed by atoms with Crippen LogP contribution < -0.4 is 14.9 Å². The number of anilines is 3. The van der Waals surface area contributed by atoms with Gasteiger partial charge in [0.2, 0.25) is 5.91 Å². The fourth-order valence-electron chi connectivity index (χ4n) is 2.34. The van der Waals surface area contributed by atoms with Crippen molar-refractivity contribution >= 4 is 40.3 Å². The second-order valence-electron chi connectivity index (χ2n) is 5.64. The van der Waals surface area contributed by atoms with Crippen LogP contribution in [0.3, 0.4) is 0 Å². The normalized spacial score (nSPS) is 11.6. The maximum atomic E-state index is 14.7. The van der Waals surface area contributed by atoms with Crippen LogP contribution in [0.2, 0.25) is 0 Å². The summed E-state index contributed by atoms with van der Waals surface area (Å²) in [4.78, 5) is 27.2. The Morgan fingerprint density at radius 3 is 2.46 bits per heavy atom. The number of hydrogen-bond donors (Lipinski definition) is 2. The first-order valence-electron chi connectivity index (χ1n) is 8.14. The average Bonchev–Trinajstić information content (AvgIpc) is 2.61. The van der Waals surface area contributed by atoms with Gasteiger partial charge in [-0.25, -0.2) is 13.8 Å². The van der Waals surface area contributed by atoms with Gasteiger partial charge < -0.3 is 15.2 Å². The first kappa shape index (κ1) is 21.4. The molecular formula is C17H17F2N4O4S-. The molecule has 0 aliphatic heterocycles. The van der Waals surface area contributed by atoms with E-state index in [4.69, 9.17) is 0 Å². The monoisotopic (exact) mass is 411 g/mol. The molecule has 0 aliphatic rings. The van der Waals surface area contributed by atoms with E-state index < -0.39 is 40.1 Å². The standard InChI is InChI=1S/C17H18F2N4O4S/c1-3-8-23(28(26)27)13-6-5-12(18)15(16(13)19)17(25)22-11-4-7-14(20-9-11)21-10(2)24/h4-7,9H,3,8H2,1-2H3,(H,22,25)(H,26,27)(H,20,21,24)/p-1. The molecule has 28 heavy (non-hydrogen) atoms. The van der Waals surface area contributed by atoms with Gasteiger partial charge in [0.25, 0.3) is 5.91 Å². The third-order valence-electron chi connectivity index (χ3n) is 3.50. The van der Waals surface area contributed by atoms with Crippen LogP contribution in [0.15, 0.2) is 30.5 Å². The molecule has 11 heteroatoms. The molecule has 0 aliphatic carbocycles. The van der Waals surface area contributed by atoms with Crippen molar-refractivity contribution in [3.63, 3.8) is 0 Å². The van der Waals surface area contributed by atoms with E-state index in [1.54, 1.807) is 6.92 Å². The van der Waals surface area contributed by atoms with Crippen LogP contribution in [0, 0.1) is 11.6 Å². The predicted molar refractivity (Wildman–Crippen MR) is 99.4 cm³/mol. The number of aromatic nitrogens is 1. The van der Waals surface area contributed by atoms with Gasteiger partial charge in [-0.15, -0.1) is 0 Å². The molecule has 150 valence electrons. The Kier molecular flexibility index (Phi) is 7.12. The molecule has 0 fully saturated rings. The SMILES string of the molecule is CCCN(c1ccc(F)c(C(=O)Nc2ccc(NC(C)=O)nc2)c1F)S(=O)[O-]. The molecule has 1 heterocycles. The van der Waals surface area contributed by atoms with Crippen molar-refractivity contribution < 1.29 is 27.1 Å². The van der Waals surface area contributed by atoms with Gasteiger partial charge in [0, 0.05) is 24.7 Å². The van der Waals surface area contributed by atoms with Crippen molar-refractivity contribution in [1.82, 2.24) is 4.98 Å². The number of carbonyl (C=O) groups excluding carboxylic acids is 2. The zero-order chi connectivity index (χ0) is 20.8. The first-order chi connectivity index (χ1) is 13.2. The second kappa shape index (κ2) is 9.33. The number of nitrogens with zero attached hydrogens (tertiary/aromatic N) is 2. The Morgan fingerprint density at radius 1 is 1.21 bits per heavy atom.